The second-order valence-electron chi connectivity index (χ2n) is 5.92. The summed E-state index contributed by atoms with van der Waals surface area (Å²) in [5.74, 6) is 0.0869. The molecule has 0 aromatic heterocycles. The molecule has 7 heteroatoms. The van der Waals surface area contributed by atoms with Gasteiger partial charge in [-0.05, 0) is 56.6 Å². The number of benzene rings is 1. The van der Waals surface area contributed by atoms with Gasteiger partial charge >= 0.3 is 0 Å². The van der Waals surface area contributed by atoms with Crippen LogP contribution < -0.4 is 10.6 Å². The van der Waals surface area contributed by atoms with Crippen LogP contribution in [0.1, 0.15) is 29.6 Å². The molecule has 0 radical (unpaired) electrons. The highest BCUT2D eigenvalue weighted by molar-refractivity contribution is 5.94. The van der Waals surface area contributed by atoms with E-state index in [0.717, 1.165) is 26.1 Å². The van der Waals surface area contributed by atoms with E-state index in [1.807, 2.05) is 11.9 Å². The molecule has 1 aliphatic rings. The Morgan fingerprint density at radius 3 is 2.67 bits per heavy atom. The summed E-state index contributed by atoms with van der Waals surface area (Å²) in [5.41, 5.74) is 0.423. The third kappa shape index (κ3) is 6.09. The van der Waals surface area contributed by atoms with Gasteiger partial charge in [0.05, 0.1) is 0 Å². The van der Waals surface area contributed by atoms with E-state index in [0.29, 0.717) is 30.9 Å². The number of nitrogens with one attached hydrogen (secondary N) is 2. The van der Waals surface area contributed by atoms with E-state index < -0.39 is 0 Å². The zero-order chi connectivity index (χ0) is 16.7. The van der Waals surface area contributed by atoms with Crippen molar-refractivity contribution in [2.75, 3.05) is 33.2 Å². The number of hydrogen-bond donors (Lipinski definition) is 2. The fraction of sp³-hybridized carbons (Fsp3) is 0.529. The van der Waals surface area contributed by atoms with Gasteiger partial charge in [-0.1, -0.05) is 0 Å². The Kier molecular flexibility index (Phi) is 8.71. The number of hydrogen-bond acceptors (Lipinski definition) is 3. The van der Waals surface area contributed by atoms with Gasteiger partial charge in [-0.2, -0.15) is 0 Å². The second kappa shape index (κ2) is 10.3. The van der Waals surface area contributed by atoms with E-state index in [4.69, 9.17) is 0 Å². The van der Waals surface area contributed by atoms with E-state index >= 15 is 0 Å². The summed E-state index contributed by atoms with van der Waals surface area (Å²) in [5, 5.41) is 5.90. The van der Waals surface area contributed by atoms with Crippen LogP contribution in [-0.4, -0.2) is 49.9 Å². The number of carbonyl (C=O) groups excluding carboxylic acids is 2. The highest BCUT2D eigenvalue weighted by atomic mass is 35.5. The molecule has 1 aliphatic heterocycles. The quantitative estimate of drug-likeness (QED) is 0.732. The Morgan fingerprint density at radius 2 is 2.00 bits per heavy atom. The first-order chi connectivity index (χ1) is 11.1. The van der Waals surface area contributed by atoms with Crippen LogP contribution in [0.3, 0.4) is 0 Å². The molecule has 1 aromatic rings. The van der Waals surface area contributed by atoms with Crippen LogP contribution in [0.4, 0.5) is 4.39 Å². The lowest BCUT2D eigenvalue weighted by atomic mass is 10.1. The highest BCUT2D eigenvalue weighted by Gasteiger charge is 2.25. The number of amides is 2. The first-order valence-corrected chi connectivity index (χ1v) is 8.06. The van der Waals surface area contributed by atoms with Crippen LogP contribution >= 0.6 is 12.4 Å². The summed E-state index contributed by atoms with van der Waals surface area (Å²) in [6, 6.07) is 5.41. The maximum atomic E-state index is 12.8. The standard InChI is InChI=1S/C17H24FN3O2.ClH/c1-19-11-13-8-10-21(12-13)16(22)3-2-9-20-17(23)14-4-6-15(18)7-5-14;/h4-7,13,19H,2-3,8-12H2,1H3,(H,20,23);1H. The van der Waals surface area contributed by atoms with Crippen molar-refractivity contribution in [2.24, 2.45) is 5.92 Å². The molecular formula is C17H25ClFN3O2. The molecule has 134 valence electrons. The maximum Gasteiger partial charge on any atom is 0.251 e. The Morgan fingerprint density at radius 1 is 1.29 bits per heavy atom. The molecule has 0 aliphatic carbocycles. The average molecular weight is 358 g/mol. The summed E-state index contributed by atoms with van der Waals surface area (Å²) < 4.78 is 12.8. The normalized spacial score (nSPS) is 16.6. The molecule has 0 bridgehead atoms. The molecule has 1 atom stereocenters. The monoisotopic (exact) mass is 357 g/mol. The highest BCUT2D eigenvalue weighted by Crippen LogP contribution is 2.16. The lowest BCUT2D eigenvalue weighted by molar-refractivity contribution is -0.130. The third-order valence-electron chi connectivity index (χ3n) is 4.09. The van der Waals surface area contributed by atoms with Crippen molar-refractivity contribution in [2.45, 2.75) is 19.3 Å². The minimum Gasteiger partial charge on any atom is -0.352 e. The summed E-state index contributed by atoms with van der Waals surface area (Å²) in [6.07, 6.45) is 2.10. The zero-order valence-corrected chi connectivity index (χ0v) is 14.7. The first kappa shape index (κ1) is 20.4. The lowest BCUT2D eigenvalue weighted by Crippen LogP contribution is -2.31. The number of halogens is 2. The molecule has 24 heavy (non-hydrogen) atoms. The Balaban J connectivity index is 0.00000288. The van der Waals surface area contributed by atoms with Crippen molar-refractivity contribution in [3.05, 3.63) is 35.6 Å². The van der Waals surface area contributed by atoms with E-state index in [9.17, 15) is 14.0 Å². The molecule has 0 saturated carbocycles. The molecule has 1 aromatic carbocycles. The fourth-order valence-corrected chi connectivity index (χ4v) is 2.82. The summed E-state index contributed by atoms with van der Waals surface area (Å²) in [6.45, 7) is 3.03. The van der Waals surface area contributed by atoms with Crippen LogP contribution in [0.25, 0.3) is 0 Å². The Hall–Kier alpha value is -1.66. The van der Waals surface area contributed by atoms with Crippen molar-refractivity contribution >= 4 is 24.2 Å². The van der Waals surface area contributed by atoms with Crippen molar-refractivity contribution < 1.29 is 14.0 Å². The van der Waals surface area contributed by atoms with Gasteiger partial charge in [0.1, 0.15) is 5.82 Å². The smallest absolute Gasteiger partial charge is 0.251 e. The van der Waals surface area contributed by atoms with Crippen molar-refractivity contribution in [3.63, 3.8) is 0 Å². The van der Waals surface area contributed by atoms with Gasteiger partial charge in [-0.25, -0.2) is 4.39 Å². The number of rotatable bonds is 7. The van der Waals surface area contributed by atoms with Crippen LogP contribution in [0.15, 0.2) is 24.3 Å². The van der Waals surface area contributed by atoms with E-state index in [1.54, 1.807) is 0 Å². The number of carbonyl (C=O) groups is 2. The fourth-order valence-electron chi connectivity index (χ4n) is 2.82. The SMILES string of the molecule is CNCC1CCN(C(=O)CCCNC(=O)c2ccc(F)cc2)C1.Cl. The van der Waals surface area contributed by atoms with Crippen LogP contribution in [0, 0.1) is 11.7 Å². The van der Waals surface area contributed by atoms with E-state index in [1.165, 1.54) is 24.3 Å². The predicted molar refractivity (Wildman–Crippen MR) is 93.8 cm³/mol. The van der Waals surface area contributed by atoms with Gasteiger partial charge in [0.25, 0.3) is 5.91 Å². The summed E-state index contributed by atoms with van der Waals surface area (Å²) >= 11 is 0. The van der Waals surface area contributed by atoms with Crippen LogP contribution in [0.5, 0.6) is 0 Å². The topological polar surface area (TPSA) is 61.4 Å². The van der Waals surface area contributed by atoms with Gasteiger partial charge in [0.2, 0.25) is 5.91 Å². The van der Waals surface area contributed by atoms with Crippen molar-refractivity contribution in [1.29, 1.82) is 0 Å². The van der Waals surface area contributed by atoms with Crippen molar-refractivity contribution in [1.82, 2.24) is 15.5 Å². The molecular weight excluding hydrogens is 333 g/mol. The Bertz CT molecular complexity index is 539. The van der Waals surface area contributed by atoms with Gasteiger partial charge in [-0.3, -0.25) is 9.59 Å². The maximum absolute atomic E-state index is 12.8. The molecule has 2 N–H and O–H groups in total. The summed E-state index contributed by atoms with van der Waals surface area (Å²) in [7, 11) is 1.92. The molecule has 0 spiro atoms. The number of likely N-dealkylation sites (tertiary alicyclic amines) is 1. The molecule has 1 fully saturated rings. The van der Waals surface area contributed by atoms with Gasteiger partial charge in [0, 0.05) is 31.6 Å². The minimum atomic E-state index is -0.366. The second-order valence-corrected chi connectivity index (χ2v) is 5.92. The predicted octanol–water partition coefficient (Wildman–Crippen LogP) is 1.83. The molecule has 1 saturated heterocycles. The largest absolute Gasteiger partial charge is 0.352 e. The first-order valence-electron chi connectivity index (χ1n) is 8.06. The zero-order valence-electron chi connectivity index (χ0n) is 13.9. The third-order valence-corrected chi connectivity index (χ3v) is 4.09. The molecule has 1 heterocycles. The van der Waals surface area contributed by atoms with Gasteiger partial charge in [0.15, 0.2) is 0 Å². The van der Waals surface area contributed by atoms with Gasteiger partial charge < -0.3 is 15.5 Å². The molecule has 1 unspecified atom stereocenters. The van der Waals surface area contributed by atoms with E-state index in [-0.39, 0.29) is 30.0 Å². The van der Waals surface area contributed by atoms with Crippen LogP contribution in [-0.2, 0) is 4.79 Å². The van der Waals surface area contributed by atoms with Gasteiger partial charge in [-0.15, -0.1) is 12.4 Å². The van der Waals surface area contributed by atoms with Crippen LogP contribution in [0.2, 0.25) is 0 Å². The van der Waals surface area contributed by atoms with E-state index in [2.05, 4.69) is 10.6 Å². The number of nitrogens with zero attached hydrogens (tertiary/aromatic N) is 1. The lowest BCUT2D eigenvalue weighted by Gasteiger charge is -2.16. The minimum absolute atomic E-state index is 0. The van der Waals surface area contributed by atoms with Crippen molar-refractivity contribution in [3.8, 4) is 0 Å². The Labute approximate surface area is 148 Å². The molecule has 2 amide bonds. The average Bonchev–Trinajstić information content (AvgIpc) is 3.01. The molecule has 2 rings (SSSR count). The summed E-state index contributed by atoms with van der Waals surface area (Å²) in [4.78, 5) is 25.8. The molecule has 5 nitrogen and oxygen atoms in total.